The molecule has 1 N–H and O–H groups in total. The Morgan fingerprint density at radius 2 is 2.12 bits per heavy atom. The van der Waals surface area contributed by atoms with Gasteiger partial charge >= 0.3 is 11.9 Å². The van der Waals surface area contributed by atoms with Crippen LogP contribution in [0, 0.1) is 0 Å². The Bertz CT molecular complexity index is 404. The van der Waals surface area contributed by atoms with Gasteiger partial charge in [0.2, 0.25) is 10.0 Å². The van der Waals surface area contributed by atoms with E-state index in [2.05, 4.69) is 4.74 Å². The normalized spacial score (nSPS) is 21.4. The van der Waals surface area contributed by atoms with Gasteiger partial charge in [-0.25, -0.2) is 8.42 Å². The summed E-state index contributed by atoms with van der Waals surface area (Å²) in [5.74, 6) is -2.19. The summed E-state index contributed by atoms with van der Waals surface area (Å²) in [5, 5.41) is 8.87. The molecule has 1 saturated heterocycles. The minimum absolute atomic E-state index is 0.195. The van der Waals surface area contributed by atoms with Gasteiger partial charge in [-0.3, -0.25) is 9.59 Å². The van der Waals surface area contributed by atoms with Gasteiger partial charge in [0.1, 0.15) is 6.04 Å². The molecule has 0 spiro atoms. The van der Waals surface area contributed by atoms with E-state index < -0.39 is 33.8 Å². The molecular formula is C9H15NO6S. The zero-order chi connectivity index (χ0) is 13.1. The molecule has 0 aromatic carbocycles. The van der Waals surface area contributed by atoms with Gasteiger partial charge in [0.05, 0.1) is 19.3 Å². The second kappa shape index (κ2) is 5.46. The number of ether oxygens (including phenoxy) is 1. The van der Waals surface area contributed by atoms with E-state index in [1.54, 1.807) is 0 Å². The minimum atomic E-state index is -3.71. The standard InChI is InChI=1S/C9H15NO6S/c1-16-8(11)4-6-17(14,15)10-5-2-3-7(10)9(12)13/h7H,2-6H2,1H3,(H,12,13). The highest BCUT2D eigenvalue weighted by molar-refractivity contribution is 7.89. The Labute approximate surface area is 99.4 Å². The van der Waals surface area contributed by atoms with Crippen LogP contribution in [0.25, 0.3) is 0 Å². The maximum absolute atomic E-state index is 11.8. The van der Waals surface area contributed by atoms with Crippen LogP contribution >= 0.6 is 0 Å². The van der Waals surface area contributed by atoms with Crippen LogP contribution in [0.5, 0.6) is 0 Å². The van der Waals surface area contributed by atoms with Crippen molar-refractivity contribution in [3.05, 3.63) is 0 Å². The molecule has 8 heteroatoms. The van der Waals surface area contributed by atoms with Gasteiger partial charge < -0.3 is 9.84 Å². The van der Waals surface area contributed by atoms with Crippen molar-refractivity contribution in [1.82, 2.24) is 4.31 Å². The third-order valence-electron chi connectivity index (χ3n) is 2.64. The van der Waals surface area contributed by atoms with Gasteiger partial charge in [0.25, 0.3) is 0 Å². The van der Waals surface area contributed by atoms with Crippen molar-refractivity contribution in [2.45, 2.75) is 25.3 Å². The van der Waals surface area contributed by atoms with E-state index in [0.717, 1.165) is 4.31 Å². The van der Waals surface area contributed by atoms with E-state index in [-0.39, 0.29) is 13.0 Å². The van der Waals surface area contributed by atoms with Crippen molar-refractivity contribution < 1.29 is 27.9 Å². The van der Waals surface area contributed by atoms with Gasteiger partial charge in [-0.2, -0.15) is 4.31 Å². The van der Waals surface area contributed by atoms with Crippen LogP contribution < -0.4 is 0 Å². The van der Waals surface area contributed by atoms with Crippen LogP contribution in [0.15, 0.2) is 0 Å². The van der Waals surface area contributed by atoms with E-state index in [1.807, 2.05) is 0 Å². The summed E-state index contributed by atoms with van der Waals surface area (Å²) in [7, 11) is -2.54. The zero-order valence-electron chi connectivity index (χ0n) is 9.46. The molecule has 0 radical (unpaired) electrons. The molecule has 1 heterocycles. The number of nitrogens with zero attached hydrogens (tertiary/aromatic N) is 1. The second-order valence-corrected chi connectivity index (χ2v) is 5.79. The Morgan fingerprint density at radius 3 is 2.65 bits per heavy atom. The van der Waals surface area contributed by atoms with Gasteiger partial charge in [-0.05, 0) is 12.8 Å². The molecule has 0 aromatic heterocycles. The first-order valence-electron chi connectivity index (χ1n) is 5.17. The van der Waals surface area contributed by atoms with Gasteiger partial charge in [0, 0.05) is 6.54 Å². The number of methoxy groups -OCH3 is 1. The van der Waals surface area contributed by atoms with Crippen molar-refractivity contribution in [1.29, 1.82) is 0 Å². The molecule has 0 amide bonds. The Balaban J connectivity index is 2.69. The number of aliphatic carboxylic acids is 1. The number of carbonyl (C=O) groups is 2. The second-order valence-electron chi connectivity index (χ2n) is 3.75. The molecule has 0 aromatic rings. The van der Waals surface area contributed by atoms with Gasteiger partial charge in [0.15, 0.2) is 0 Å². The topological polar surface area (TPSA) is 101 Å². The fraction of sp³-hybridized carbons (Fsp3) is 0.778. The number of hydrogen-bond donors (Lipinski definition) is 1. The Morgan fingerprint density at radius 1 is 1.47 bits per heavy atom. The summed E-state index contributed by atoms with van der Waals surface area (Å²) in [6, 6.07) is -1.00. The number of carbonyl (C=O) groups excluding carboxylic acids is 1. The van der Waals surface area contributed by atoms with Crippen LogP contribution in [0.1, 0.15) is 19.3 Å². The predicted molar refractivity (Wildman–Crippen MR) is 57.8 cm³/mol. The van der Waals surface area contributed by atoms with Crippen molar-refractivity contribution in [3.8, 4) is 0 Å². The predicted octanol–water partition coefficient (Wildman–Crippen LogP) is -0.572. The monoisotopic (exact) mass is 265 g/mol. The first-order chi connectivity index (χ1) is 7.88. The van der Waals surface area contributed by atoms with E-state index in [0.29, 0.717) is 12.8 Å². The third kappa shape index (κ3) is 3.40. The van der Waals surface area contributed by atoms with Crippen molar-refractivity contribution >= 4 is 22.0 Å². The van der Waals surface area contributed by atoms with Crippen LogP contribution in [-0.2, 0) is 24.3 Å². The number of hydrogen-bond acceptors (Lipinski definition) is 5. The van der Waals surface area contributed by atoms with E-state index in [1.165, 1.54) is 7.11 Å². The largest absolute Gasteiger partial charge is 0.480 e. The molecule has 1 fully saturated rings. The number of carboxylic acid groups (broad SMARTS) is 1. The van der Waals surface area contributed by atoms with Crippen LogP contribution in [0.2, 0.25) is 0 Å². The van der Waals surface area contributed by atoms with E-state index >= 15 is 0 Å². The molecular weight excluding hydrogens is 250 g/mol. The van der Waals surface area contributed by atoms with Crippen LogP contribution in [0.3, 0.4) is 0 Å². The highest BCUT2D eigenvalue weighted by Gasteiger charge is 2.38. The molecule has 98 valence electrons. The summed E-state index contributed by atoms with van der Waals surface area (Å²) < 4.78 is 28.9. The highest BCUT2D eigenvalue weighted by atomic mass is 32.2. The summed E-state index contributed by atoms with van der Waals surface area (Å²) in [6.45, 7) is 0.195. The van der Waals surface area contributed by atoms with Crippen LogP contribution in [-0.4, -0.2) is 55.2 Å². The van der Waals surface area contributed by atoms with Gasteiger partial charge in [-0.1, -0.05) is 0 Å². The third-order valence-corrected chi connectivity index (χ3v) is 4.51. The van der Waals surface area contributed by atoms with Crippen molar-refractivity contribution in [3.63, 3.8) is 0 Å². The number of sulfonamides is 1. The molecule has 1 unspecified atom stereocenters. The molecule has 7 nitrogen and oxygen atoms in total. The average molecular weight is 265 g/mol. The Kier molecular flexibility index (Phi) is 4.47. The summed E-state index contributed by atoms with van der Waals surface area (Å²) in [6.07, 6.45) is 0.572. The maximum atomic E-state index is 11.8. The lowest BCUT2D eigenvalue weighted by molar-refractivity contribution is -0.141. The van der Waals surface area contributed by atoms with Gasteiger partial charge in [-0.15, -0.1) is 0 Å². The fourth-order valence-electron chi connectivity index (χ4n) is 1.75. The lowest BCUT2D eigenvalue weighted by Crippen LogP contribution is -2.41. The lowest BCUT2D eigenvalue weighted by atomic mass is 10.2. The van der Waals surface area contributed by atoms with Crippen molar-refractivity contribution in [2.75, 3.05) is 19.4 Å². The first kappa shape index (κ1) is 13.9. The Hall–Kier alpha value is -1.15. The molecule has 1 rings (SSSR count). The highest BCUT2D eigenvalue weighted by Crippen LogP contribution is 2.21. The quantitative estimate of drug-likeness (QED) is 0.668. The molecule has 1 atom stereocenters. The van der Waals surface area contributed by atoms with E-state index in [4.69, 9.17) is 5.11 Å². The number of esters is 1. The molecule has 1 aliphatic rings. The molecule has 0 saturated carbocycles. The van der Waals surface area contributed by atoms with E-state index in [9.17, 15) is 18.0 Å². The SMILES string of the molecule is COC(=O)CCS(=O)(=O)N1CCCC1C(=O)O. The molecule has 1 aliphatic heterocycles. The molecule has 17 heavy (non-hydrogen) atoms. The zero-order valence-corrected chi connectivity index (χ0v) is 10.3. The smallest absolute Gasteiger partial charge is 0.322 e. The fourth-order valence-corrected chi connectivity index (χ4v) is 3.40. The maximum Gasteiger partial charge on any atom is 0.322 e. The van der Waals surface area contributed by atoms with Crippen LogP contribution in [0.4, 0.5) is 0 Å². The average Bonchev–Trinajstić information content (AvgIpc) is 2.75. The summed E-state index contributed by atoms with van der Waals surface area (Å²) >= 11 is 0. The lowest BCUT2D eigenvalue weighted by Gasteiger charge is -2.20. The molecule has 0 aliphatic carbocycles. The number of carboxylic acids is 1. The minimum Gasteiger partial charge on any atom is -0.480 e. The molecule has 0 bridgehead atoms. The number of rotatable bonds is 5. The summed E-state index contributed by atoms with van der Waals surface area (Å²) in [5.41, 5.74) is 0. The first-order valence-corrected chi connectivity index (χ1v) is 6.78. The van der Waals surface area contributed by atoms with Crippen molar-refractivity contribution in [2.24, 2.45) is 0 Å². The summed E-state index contributed by atoms with van der Waals surface area (Å²) in [4.78, 5) is 21.7.